The first-order chi connectivity index (χ1) is 10.8. The summed E-state index contributed by atoms with van der Waals surface area (Å²) < 4.78 is 30.9. The number of nitrogens with zero attached hydrogens (tertiary/aromatic N) is 2. The van der Waals surface area contributed by atoms with Gasteiger partial charge in [0.15, 0.2) is 0 Å². The molecule has 1 atom stereocenters. The number of ether oxygens (including phenoxy) is 1. The van der Waals surface area contributed by atoms with E-state index >= 15 is 0 Å². The number of hydrogen-bond acceptors (Lipinski definition) is 5. The summed E-state index contributed by atoms with van der Waals surface area (Å²) in [6.07, 6.45) is 1.13. The van der Waals surface area contributed by atoms with Gasteiger partial charge in [0.25, 0.3) is 0 Å². The summed E-state index contributed by atoms with van der Waals surface area (Å²) in [5.74, 6) is 0.684. The number of rotatable bonds is 7. The summed E-state index contributed by atoms with van der Waals surface area (Å²) in [5, 5.41) is 0. The minimum Gasteiger partial charge on any atom is -0.492 e. The fraction of sp³-hybridized carbons (Fsp3) is 0.625. The molecule has 0 bridgehead atoms. The molecule has 138 valence electrons. The van der Waals surface area contributed by atoms with E-state index in [1.807, 2.05) is 0 Å². The van der Waals surface area contributed by atoms with Crippen LogP contribution in [0.2, 0.25) is 0 Å². The first-order valence-electron chi connectivity index (χ1n) is 7.85. The maximum atomic E-state index is 12.0. The summed E-state index contributed by atoms with van der Waals surface area (Å²) in [6, 6.07) is 6.55. The van der Waals surface area contributed by atoms with Gasteiger partial charge in [0.05, 0.1) is 4.90 Å². The van der Waals surface area contributed by atoms with Gasteiger partial charge in [-0.25, -0.2) is 12.7 Å². The Labute approximate surface area is 151 Å². The van der Waals surface area contributed by atoms with Crippen molar-refractivity contribution in [2.45, 2.75) is 18.2 Å². The first-order valence-corrected chi connectivity index (χ1v) is 9.29. The maximum Gasteiger partial charge on any atom is 0.242 e. The van der Waals surface area contributed by atoms with Crippen molar-refractivity contribution in [3.05, 3.63) is 24.3 Å². The van der Waals surface area contributed by atoms with E-state index in [-0.39, 0.29) is 22.7 Å². The van der Waals surface area contributed by atoms with Gasteiger partial charge in [0, 0.05) is 27.2 Å². The van der Waals surface area contributed by atoms with Crippen molar-refractivity contribution in [3.63, 3.8) is 0 Å². The van der Waals surface area contributed by atoms with Crippen molar-refractivity contribution in [2.75, 3.05) is 46.9 Å². The van der Waals surface area contributed by atoms with Gasteiger partial charge in [-0.05, 0) is 49.2 Å². The molecule has 1 aromatic rings. The van der Waals surface area contributed by atoms with E-state index in [1.165, 1.54) is 18.4 Å². The Morgan fingerprint density at radius 2 is 1.92 bits per heavy atom. The fourth-order valence-electron chi connectivity index (χ4n) is 2.69. The van der Waals surface area contributed by atoms with Crippen molar-refractivity contribution < 1.29 is 13.2 Å². The fourth-order valence-corrected chi connectivity index (χ4v) is 3.60. The van der Waals surface area contributed by atoms with Crippen molar-refractivity contribution >= 4 is 22.4 Å². The monoisotopic (exact) mass is 377 g/mol. The molecular formula is C16H28ClN3O3S. The van der Waals surface area contributed by atoms with Gasteiger partial charge in [0.2, 0.25) is 10.0 Å². The van der Waals surface area contributed by atoms with Crippen LogP contribution in [-0.2, 0) is 10.0 Å². The van der Waals surface area contributed by atoms with Gasteiger partial charge in [-0.15, -0.1) is 12.4 Å². The van der Waals surface area contributed by atoms with Crippen LogP contribution >= 0.6 is 12.4 Å². The Morgan fingerprint density at radius 3 is 2.42 bits per heavy atom. The topological polar surface area (TPSA) is 75.9 Å². The van der Waals surface area contributed by atoms with E-state index in [0.29, 0.717) is 18.9 Å². The highest BCUT2D eigenvalue weighted by molar-refractivity contribution is 7.89. The quantitative estimate of drug-likeness (QED) is 0.777. The number of halogens is 1. The summed E-state index contributed by atoms with van der Waals surface area (Å²) in [6.45, 7) is 6.43. The molecule has 0 aliphatic carbocycles. The van der Waals surface area contributed by atoms with Crippen LogP contribution in [-0.4, -0.2) is 64.5 Å². The van der Waals surface area contributed by atoms with E-state index in [1.54, 1.807) is 24.3 Å². The van der Waals surface area contributed by atoms with Gasteiger partial charge in [-0.3, -0.25) is 4.90 Å². The summed E-state index contributed by atoms with van der Waals surface area (Å²) in [5.41, 5.74) is 6.03. The van der Waals surface area contributed by atoms with Gasteiger partial charge < -0.3 is 10.5 Å². The van der Waals surface area contributed by atoms with Gasteiger partial charge in [-0.1, -0.05) is 6.92 Å². The second kappa shape index (κ2) is 8.49. The molecular weight excluding hydrogens is 350 g/mol. The molecule has 0 radical (unpaired) electrons. The molecule has 0 spiro atoms. The minimum atomic E-state index is -3.39. The van der Waals surface area contributed by atoms with Crippen LogP contribution in [0, 0.1) is 5.41 Å². The van der Waals surface area contributed by atoms with Gasteiger partial charge >= 0.3 is 0 Å². The Morgan fingerprint density at radius 1 is 1.29 bits per heavy atom. The molecule has 24 heavy (non-hydrogen) atoms. The predicted octanol–water partition coefficient (Wildman–Crippen LogP) is 1.41. The van der Waals surface area contributed by atoms with Crippen LogP contribution in [0.4, 0.5) is 0 Å². The molecule has 0 aromatic heterocycles. The Hall–Kier alpha value is -0.860. The standard InChI is InChI=1S/C16H27N3O3S.ClH/c1-16(12-17)8-9-19(13-16)10-11-22-14-4-6-15(7-5-14)23(20,21)18(2)3;/h4-7H,8-13,17H2,1-3H3;1H. The zero-order valence-corrected chi connectivity index (χ0v) is 16.2. The third kappa shape index (κ3) is 5.07. The lowest BCUT2D eigenvalue weighted by atomic mass is 9.90. The molecule has 8 heteroatoms. The summed E-state index contributed by atoms with van der Waals surface area (Å²) >= 11 is 0. The van der Waals surface area contributed by atoms with Crippen LogP contribution in [0.25, 0.3) is 0 Å². The van der Waals surface area contributed by atoms with E-state index in [2.05, 4.69) is 11.8 Å². The predicted molar refractivity (Wildman–Crippen MR) is 98.3 cm³/mol. The number of likely N-dealkylation sites (tertiary alicyclic amines) is 1. The van der Waals surface area contributed by atoms with Crippen molar-refractivity contribution in [2.24, 2.45) is 11.1 Å². The average molecular weight is 378 g/mol. The van der Waals surface area contributed by atoms with Crippen molar-refractivity contribution in [1.82, 2.24) is 9.21 Å². The SMILES string of the molecule is CN(C)S(=O)(=O)c1ccc(OCCN2CCC(C)(CN)C2)cc1.Cl. The van der Waals surface area contributed by atoms with Crippen LogP contribution in [0.1, 0.15) is 13.3 Å². The van der Waals surface area contributed by atoms with Gasteiger partial charge in [0.1, 0.15) is 12.4 Å². The lowest BCUT2D eigenvalue weighted by molar-refractivity contribution is 0.219. The molecule has 0 saturated carbocycles. The van der Waals surface area contributed by atoms with E-state index in [0.717, 1.165) is 26.1 Å². The molecule has 6 nitrogen and oxygen atoms in total. The van der Waals surface area contributed by atoms with Crippen LogP contribution in [0.3, 0.4) is 0 Å². The number of hydrogen-bond donors (Lipinski definition) is 1. The van der Waals surface area contributed by atoms with E-state index < -0.39 is 10.0 Å². The summed E-state index contributed by atoms with van der Waals surface area (Å²) in [4.78, 5) is 2.63. The lowest BCUT2D eigenvalue weighted by Crippen LogP contribution is -2.33. The lowest BCUT2D eigenvalue weighted by Gasteiger charge is -2.22. The molecule has 1 aromatic carbocycles. The normalized spacial score (nSPS) is 21.7. The molecule has 1 saturated heterocycles. The molecule has 1 aliphatic rings. The second-order valence-electron chi connectivity index (χ2n) is 6.65. The number of sulfonamides is 1. The highest BCUT2D eigenvalue weighted by Gasteiger charge is 2.31. The number of benzene rings is 1. The Kier molecular flexibility index (Phi) is 7.49. The highest BCUT2D eigenvalue weighted by Crippen LogP contribution is 2.28. The van der Waals surface area contributed by atoms with Crippen LogP contribution in [0.5, 0.6) is 5.75 Å². The third-order valence-corrected chi connectivity index (χ3v) is 6.24. The summed E-state index contributed by atoms with van der Waals surface area (Å²) in [7, 11) is -0.348. The minimum absolute atomic E-state index is 0. The van der Waals surface area contributed by atoms with Crippen molar-refractivity contribution in [3.8, 4) is 5.75 Å². The zero-order valence-electron chi connectivity index (χ0n) is 14.6. The molecule has 1 aliphatic heterocycles. The molecule has 1 heterocycles. The molecule has 0 amide bonds. The van der Waals surface area contributed by atoms with Gasteiger partial charge in [-0.2, -0.15) is 0 Å². The number of nitrogens with two attached hydrogens (primary N) is 1. The van der Waals surface area contributed by atoms with E-state index in [9.17, 15) is 8.42 Å². The maximum absolute atomic E-state index is 12.0. The van der Waals surface area contributed by atoms with E-state index in [4.69, 9.17) is 10.5 Å². The Bertz CT molecular complexity index is 622. The molecule has 2 N–H and O–H groups in total. The van der Waals surface area contributed by atoms with Crippen molar-refractivity contribution in [1.29, 1.82) is 0 Å². The molecule has 2 rings (SSSR count). The smallest absolute Gasteiger partial charge is 0.242 e. The molecule has 1 fully saturated rings. The molecule has 1 unspecified atom stereocenters. The van der Waals surface area contributed by atoms with Crippen LogP contribution in [0.15, 0.2) is 29.2 Å². The average Bonchev–Trinajstić information content (AvgIpc) is 2.90. The largest absolute Gasteiger partial charge is 0.492 e. The highest BCUT2D eigenvalue weighted by atomic mass is 35.5. The second-order valence-corrected chi connectivity index (χ2v) is 8.80. The zero-order chi connectivity index (χ0) is 17.1. The Balaban J connectivity index is 0.00000288. The first kappa shape index (κ1) is 21.2. The third-order valence-electron chi connectivity index (χ3n) is 4.41. The van der Waals surface area contributed by atoms with Crippen LogP contribution < -0.4 is 10.5 Å².